The molecular formula is C11H19N3O3. The van der Waals surface area contributed by atoms with Gasteiger partial charge in [0, 0.05) is 26.1 Å². The van der Waals surface area contributed by atoms with E-state index in [2.05, 4.69) is 10.6 Å². The molecule has 1 atom stereocenters. The second kappa shape index (κ2) is 5.77. The number of likely N-dealkylation sites (N-methyl/N-ethyl adjacent to an activating group) is 1. The van der Waals surface area contributed by atoms with Gasteiger partial charge in [-0.1, -0.05) is 0 Å². The Kier molecular flexibility index (Phi) is 4.62. The van der Waals surface area contributed by atoms with Crippen molar-refractivity contribution in [2.45, 2.75) is 38.8 Å². The lowest BCUT2D eigenvalue weighted by atomic mass is 10.2. The first-order valence-electron chi connectivity index (χ1n) is 5.75. The van der Waals surface area contributed by atoms with E-state index in [1.807, 2.05) is 13.8 Å². The van der Waals surface area contributed by atoms with E-state index in [4.69, 9.17) is 0 Å². The van der Waals surface area contributed by atoms with Crippen LogP contribution in [0.4, 0.5) is 0 Å². The van der Waals surface area contributed by atoms with Crippen LogP contribution in [0.2, 0.25) is 0 Å². The van der Waals surface area contributed by atoms with Crippen LogP contribution in [0.1, 0.15) is 26.7 Å². The van der Waals surface area contributed by atoms with Crippen LogP contribution in [0.5, 0.6) is 0 Å². The Morgan fingerprint density at radius 3 is 2.59 bits per heavy atom. The topological polar surface area (TPSA) is 78.5 Å². The van der Waals surface area contributed by atoms with E-state index in [9.17, 15) is 14.4 Å². The standard InChI is InChI=1S/C11H19N3O3/c1-7(2)13-9(15)4-5-12-8-6-10(16)14(3)11(8)17/h7-8,12H,4-6H2,1-3H3,(H,13,15). The Labute approximate surface area is 101 Å². The molecule has 17 heavy (non-hydrogen) atoms. The van der Waals surface area contributed by atoms with Crippen molar-refractivity contribution in [1.29, 1.82) is 0 Å². The number of nitrogens with one attached hydrogen (secondary N) is 2. The van der Waals surface area contributed by atoms with E-state index in [-0.39, 0.29) is 30.2 Å². The minimum atomic E-state index is -0.473. The van der Waals surface area contributed by atoms with Crippen molar-refractivity contribution in [2.24, 2.45) is 0 Å². The van der Waals surface area contributed by atoms with Crippen LogP contribution >= 0.6 is 0 Å². The molecule has 0 aliphatic carbocycles. The number of nitrogens with zero attached hydrogens (tertiary/aromatic N) is 1. The van der Waals surface area contributed by atoms with Gasteiger partial charge in [0.05, 0.1) is 12.5 Å². The SMILES string of the molecule is CC(C)NC(=O)CCNC1CC(=O)N(C)C1=O. The minimum Gasteiger partial charge on any atom is -0.354 e. The molecule has 0 saturated carbocycles. The Morgan fingerprint density at radius 1 is 1.47 bits per heavy atom. The van der Waals surface area contributed by atoms with Gasteiger partial charge < -0.3 is 10.6 Å². The fourth-order valence-electron chi connectivity index (χ4n) is 1.67. The molecule has 0 spiro atoms. The van der Waals surface area contributed by atoms with E-state index in [0.717, 1.165) is 4.90 Å². The molecule has 1 aliphatic heterocycles. The fourth-order valence-corrected chi connectivity index (χ4v) is 1.67. The molecule has 0 aromatic heterocycles. The second-order valence-corrected chi connectivity index (χ2v) is 4.47. The summed E-state index contributed by atoms with van der Waals surface area (Å²) in [6, 6.07) is -0.359. The van der Waals surface area contributed by atoms with Crippen LogP contribution in [0.3, 0.4) is 0 Å². The largest absolute Gasteiger partial charge is 0.354 e. The van der Waals surface area contributed by atoms with E-state index in [1.165, 1.54) is 7.05 Å². The predicted octanol–water partition coefficient (Wildman–Crippen LogP) is -0.752. The van der Waals surface area contributed by atoms with Crippen molar-refractivity contribution in [3.05, 3.63) is 0 Å². The maximum Gasteiger partial charge on any atom is 0.246 e. The Balaban J connectivity index is 2.26. The molecule has 96 valence electrons. The van der Waals surface area contributed by atoms with Gasteiger partial charge in [-0.25, -0.2) is 0 Å². The summed E-state index contributed by atoms with van der Waals surface area (Å²) < 4.78 is 0. The highest BCUT2D eigenvalue weighted by atomic mass is 16.2. The molecule has 1 rings (SSSR count). The second-order valence-electron chi connectivity index (χ2n) is 4.47. The zero-order valence-electron chi connectivity index (χ0n) is 10.4. The van der Waals surface area contributed by atoms with Crippen molar-refractivity contribution in [1.82, 2.24) is 15.5 Å². The van der Waals surface area contributed by atoms with Gasteiger partial charge in [0.1, 0.15) is 0 Å². The van der Waals surface area contributed by atoms with Gasteiger partial charge >= 0.3 is 0 Å². The van der Waals surface area contributed by atoms with Gasteiger partial charge in [0.25, 0.3) is 0 Å². The molecule has 6 heteroatoms. The molecule has 0 radical (unpaired) electrons. The monoisotopic (exact) mass is 241 g/mol. The van der Waals surface area contributed by atoms with Gasteiger partial charge in [-0.2, -0.15) is 0 Å². The Bertz CT molecular complexity index is 328. The van der Waals surface area contributed by atoms with Crippen LogP contribution in [0, 0.1) is 0 Å². The first kappa shape index (κ1) is 13.6. The molecule has 1 aliphatic rings. The van der Waals surface area contributed by atoms with Gasteiger partial charge in [-0.05, 0) is 13.8 Å². The van der Waals surface area contributed by atoms with Crippen LogP contribution in [0.25, 0.3) is 0 Å². The highest BCUT2D eigenvalue weighted by molar-refractivity contribution is 6.05. The fraction of sp³-hybridized carbons (Fsp3) is 0.727. The summed E-state index contributed by atoms with van der Waals surface area (Å²) in [6.07, 6.45) is 0.487. The smallest absolute Gasteiger partial charge is 0.246 e. The summed E-state index contributed by atoms with van der Waals surface area (Å²) in [5, 5.41) is 5.68. The lowest BCUT2D eigenvalue weighted by Gasteiger charge is -2.12. The van der Waals surface area contributed by atoms with Crippen molar-refractivity contribution < 1.29 is 14.4 Å². The third-order valence-corrected chi connectivity index (χ3v) is 2.57. The van der Waals surface area contributed by atoms with Crippen molar-refractivity contribution in [3.8, 4) is 0 Å². The molecule has 0 aromatic rings. The summed E-state index contributed by atoms with van der Waals surface area (Å²) >= 11 is 0. The van der Waals surface area contributed by atoms with E-state index >= 15 is 0 Å². The third kappa shape index (κ3) is 3.81. The minimum absolute atomic E-state index is 0.0578. The van der Waals surface area contributed by atoms with Crippen LogP contribution in [0.15, 0.2) is 0 Å². The highest BCUT2D eigenvalue weighted by Gasteiger charge is 2.35. The number of hydrogen-bond donors (Lipinski definition) is 2. The summed E-state index contributed by atoms with van der Waals surface area (Å²) in [7, 11) is 1.47. The normalized spacial score (nSPS) is 20.2. The third-order valence-electron chi connectivity index (χ3n) is 2.57. The summed E-state index contributed by atoms with van der Waals surface area (Å²) in [5.41, 5.74) is 0. The number of imide groups is 1. The van der Waals surface area contributed by atoms with Crippen molar-refractivity contribution in [3.63, 3.8) is 0 Å². The molecule has 1 fully saturated rings. The number of carbonyl (C=O) groups excluding carboxylic acids is 3. The van der Waals surface area contributed by atoms with Gasteiger partial charge in [0.15, 0.2) is 0 Å². The van der Waals surface area contributed by atoms with E-state index in [1.54, 1.807) is 0 Å². The van der Waals surface area contributed by atoms with Crippen molar-refractivity contribution in [2.75, 3.05) is 13.6 Å². The lowest BCUT2D eigenvalue weighted by molar-refractivity contribution is -0.137. The number of rotatable bonds is 5. The van der Waals surface area contributed by atoms with Gasteiger partial charge in [-0.15, -0.1) is 0 Å². The quantitative estimate of drug-likeness (QED) is 0.621. The molecule has 0 aromatic carbocycles. The van der Waals surface area contributed by atoms with Crippen LogP contribution < -0.4 is 10.6 Å². The molecule has 0 bridgehead atoms. The zero-order valence-corrected chi connectivity index (χ0v) is 10.4. The molecule has 6 nitrogen and oxygen atoms in total. The average molecular weight is 241 g/mol. The summed E-state index contributed by atoms with van der Waals surface area (Å²) in [6.45, 7) is 4.18. The van der Waals surface area contributed by atoms with Gasteiger partial charge in [-0.3, -0.25) is 19.3 Å². The zero-order chi connectivity index (χ0) is 13.0. The molecule has 1 unspecified atom stereocenters. The van der Waals surface area contributed by atoms with Crippen LogP contribution in [-0.4, -0.2) is 48.3 Å². The Hall–Kier alpha value is -1.43. The number of amides is 3. The highest BCUT2D eigenvalue weighted by Crippen LogP contribution is 2.10. The molecule has 1 heterocycles. The van der Waals surface area contributed by atoms with E-state index < -0.39 is 6.04 Å². The maximum atomic E-state index is 11.5. The van der Waals surface area contributed by atoms with Gasteiger partial charge in [0.2, 0.25) is 17.7 Å². The molecule has 2 N–H and O–H groups in total. The Morgan fingerprint density at radius 2 is 2.12 bits per heavy atom. The van der Waals surface area contributed by atoms with Crippen molar-refractivity contribution >= 4 is 17.7 Å². The maximum absolute atomic E-state index is 11.5. The summed E-state index contributed by atoms with van der Waals surface area (Å²) in [4.78, 5) is 35.2. The average Bonchev–Trinajstić information content (AvgIpc) is 2.45. The first-order chi connectivity index (χ1) is 7.91. The summed E-state index contributed by atoms with van der Waals surface area (Å²) in [5.74, 6) is -0.462. The number of hydrogen-bond acceptors (Lipinski definition) is 4. The predicted molar refractivity (Wildman–Crippen MR) is 62.1 cm³/mol. The lowest BCUT2D eigenvalue weighted by Crippen LogP contribution is -2.39. The molecule has 3 amide bonds. The molecular weight excluding hydrogens is 222 g/mol. The number of carbonyl (C=O) groups is 3. The number of likely N-dealkylation sites (tertiary alicyclic amines) is 1. The van der Waals surface area contributed by atoms with Crippen LogP contribution in [-0.2, 0) is 14.4 Å². The first-order valence-corrected chi connectivity index (χ1v) is 5.75. The molecule has 1 saturated heterocycles. The van der Waals surface area contributed by atoms with E-state index in [0.29, 0.717) is 13.0 Å².